The van der Waals surface area contributed by atoms with Gasteiger partial charge in [0, 0.05) is 10.4 Å². The molecule has 0 unspecified atom stereocenters. The molecule has 11 heavy (non-hydrogen) atoms. The highest BCUT2D eigenvalue weighted by molar-refractivity contribution is 8.15. The third-order valence-corrected chi connectivity index (χ3v) is 2.16. The molecule has 0 aromatic heterocycles. The molecule has 0 radical (unpaired) electrons. The molecular formula is C7H12ClN2S-. The van der Waals surface area contributed by atoms with E-state index in [0.29, 0.717) is 5.17 Å². The average Bonchev–Trinajstić information content (AvgIpc) is 1.54. The van der Waals surface area contributed by atoms with Crippen LogP contribution < -0.4 is 18.1 Å². The van der Waals surface area contributed by atoms with Crippen molar-refractivity contribution in [3.63, 3.8) is 0 Å². The molecule has 1 aliphatic heterocycles. The standard InChI is InChI=1S/C7H12N2S.ClH/c1-5-4-7(2,3)10-6(8)9-5;/h4H,1-3H3,(H2,8,9);1H/p-1. The van der Waals surface area contributed by atoms with Crippen LogP contribution in [0.15, 0.2) is 16.8 Å². The fraction of sp³-hybridized carbons (Fsp3) is 0.571. The van der Waals surface area contributed by atoms with E-state index in [2.05, 4.69) is 24.9 Å². The van der Waals surface area contributed by atoms with Crippen molar-refractivity contribution in [1.82, 2.24) is 0 Å². The van der Waals surface area contributed by atoms with Gasteiger partial charge in [-0.2, -0.15) is 0 Å². The van der Waals surface area contributed by atoms with Gasteiger partial charge in [0.15, 0.2) is 5.17 Å². The van der Waals surface area contributed by atoms with E-state index in [-0.39, 0.29) is 17.2 Å². The van der Waals surface area contributed by atoms with E-state index in [4.69, 9.17) is 5.73 Å². The Hall–Kier alpha value is -0.150. The molecule has 0 atom stereocenters. The maximum absolute atomic E-state index is 5.57. The number of amidine groups is 1. The number of rotatable bonds is 0. The summed E-state index contributed by atoms with van der Waals surface area (Å²) in [4.78, 5) is 4.10. The van der Waals surface area contributed by atoms with Crippen LogP contribution in [0.5, 0.6) is 0 Å². The largest absolute Gasteiger partial charge is 1.00 e. The molecule has 0 saturated carbocycles. The zero-order chi connectivity index (χ0) is 7.78. The fourth-order valence-electron chi connectivity index (χ4n) is 1.03. The molecule has 1 rings (SSSR count). The van der Waals surface area contributed by atoms with Gasteiger partial charge in [-0.05, 0) is 26.8 Å². The highest BCUT2D eigenvalue weighted by Gasteiger charge is 2.20. The second-order valence-electron chi connectivity index (χ2n) is 2.94. The van der Waals surface area contributed by atoms with Crippen LogP contribution in [0.25, 0.3) is 0 Å². The summed E-state index contributed by atoms with van der Waals surface area (Å²) in [6, 6.07) is 0. The summed E-state index contributed by atoms with van der Waals surface area (Å²) in [7, 11) is 0. The number of nitrogens with zero attached hydrogens (tertiary/aromatic N) is 1. The van der Waals surface area contributed by atoms with Crippen molar-refractivity contribution >= 4 is 16.9 Å². The van der Waals surface area contributed by atoms with Crippen LogP contribution in [-0.4, -0.2) is 9.91 Å². The molecule has 1 aliphatic rings. The van der Waals surface area contributed by atoms with Crippen molar-refractivity contribution in [2.75, 3.05) is 0 Å². The molecule has 0 bridgehead atoms. The van der Waals surface area contributed by atoms with Gasteiger partial charge < -0.3 is 18.1 Å². The first-order valence-electron chi connectivity index (χ1n) is 3.22. The smallest absolute Gasteiger partial charge is 0.159 e. The third-order valence-electron chi connectivity index (χ3n) is 1.21. The number of allylic oxidation sites excluding steroid dienone is 1. The van der Waals surface area contributed by atoms with Gasteiger partial charge in [-0.1, -0.05) is 11.8 Å². The highest BCUT2D eigenvalue weighted by Crippen LogP contribution is 2.30. The molecule has 1 heterocycles. The topological polar surface area (TPSA) is 38.4 Å². The van der Waals surface area contributed by atoms with E-state index < -0.39 is 0 Å². The van der Waals surface area contributed by atoms with E-state index in [1.54, 1.807) is 11.8 Å². The molecule has 64 valence electrons. The lowest BCUT2D eigenvalue weighted by Crippen LogP contribution is -3.00. The monoisotopic (exact) mass is 191 g/mol. The maximum atomic E-state index is 5.57. The average molecular weight is 192 g/mol. The highest BCUT2D eigenvalue weighted by atomic mass is 35.5. The summed E-state index contributed by atoms with van der Waals surface area (Å²) in [5.74, 6) is 0. The lowest BCUT2D eigenvalue weighted by atomic mass is 10.2. The number of halogens is 1. The van der Waals surface area contributed by atoms with Crippen LogP contribution >= 0.6 is 11.8 Å². The number of nitrogens with two attached hydrogens (primary N) is 1. The van der Waals surface area contributed by atoms with Gasteiger partial charge in [-0.15, -0.1) is 0 Å². The van der Waals surface area contributed by atoms with Gasteiger partial charge in [0.1, 0.15) is 0 Å². The van der Waals surface area contributed by atoms with E-state index >= 15 is 0 Å². The molecule has 0 aliphatic carbocycles. The predicted molar refractivity (Wildman–Crippen MR) is 47.0 cm³/mol. The van der Waals surface area contributed by atoms with Crippen molar-refractivity contribution in [2.24, 2.45) is 10.7 Å². The summed E-state index contributed by atoms with van der Waals surface area (Å²) in [6.07, 6.45) is 2.12. The Morgan fingerprint density at radius 3 is 2.45 bits per heavy atom. The van der Waals surface area contributed by atoms with Crippen LogP contribution in [0, 0.1) is 0 Å². The first-order valence-corrected chi connectivity index (χ1v) is 4.04. The van der Waals surface area contributed by atoms with E-state index in [1.165, 1.54) is 0 Å². The lowest BCUT2D eigenvalue weighted by molar-refractivity contribution is -0.00000250. The Bertz CT molecular complexity index is 208. The molecule has 0 saturated heterocycles. The molecule has 0 fully saturated rings. The molecule has 2 nitrogen and oxygen atoms in total. The van der Waals surface area contributed by atoms with Crippen molar-refractivity contribution in [2.45, 2.75) is 25.5 Å². The van der Waals surface area contributed by atoms with Crippen LogP contribution in [0.2, 0.25) is 0 Å². The van der Waals surface area contributed by atoms with Gasteiger partial charge in [0.2, 0.25) is 0 Å². The van der Waals surface area contributed by atoms with Gasteiger partial charge >= 0.3 is 0 Å². The molecule has 0 amide bonds. The lowest BCUT2D eigenvalue weighted by Gasteiger charge is -2.22. The quantitative estimate of drug-likeness (QED) is 0.519. The Labute approximate surface area is 77.7 Å². The summed E-state index contributed by atoms with van der Waals surface area (Å²) >= 11 is 1.60. The fourth-order valence-corrected chi connectivity index (χ4v) is 1.99. The minimum atomic E-state index is 0. The number of thioether (sulfide) groups is 1. The minimum absolute atomic E-state index is 0. The Morgan fingerprint density at radius 2 is 2.09 bits per heavy atom. The molecule has 2 N–H and O–H groups in total. The van der Waals surface area contributed by atoms with Crippen molar-refractivity contribution in [3.05, 3.63) is 11.8 Å². The van der Waals surface area contributed by atoms with Crippen molar-refractivity contribution in [3.8, 4) is 0 Å². The zero-order valence-corrected chi connectivity index (χ0v) is 8.46. The Morgan fingerprint density at radius 1 is 1.55 bits per heavy atom. The van der Waals surface area contributed by atoms with Crippen LogP contribution in [0.4, 0.5) is 0 Å². The van der Waals surface area contributed by atoms with Crippen LogP contribution in [0.3, 0.4) is 0 Å². The second-order valence-corrected chi connectivity index (χ2v) is 4.62. The van der Waals surface area contributed by atoms with Gasteiger partial charge in [0.05, 0.1) is 0 Å². The first kappa shape index (κ1) is 10.8. The van der Waals surface area contributed by atoms with Gasteiger partial charge in [-0.3, -0.25) is 0 Å². The molecular weight excluding hydrogens is 180 g/mol. The number of aliphatic imine (C=N–C) groups is 1. The molecule has 0 spiro atoms. The summed E-state index contributed by atoms with van der Waals surface area (Å²) in [6.45, 7) is 6.22. The summed E-state index contributed by atoms with van der Waals surface area (Å²) < 4.78 is 0.121. The maximum Gasteiger partial charge on any atom is 0.159 e. The molecule has 0 aromatic rings. The predicted octanol–water partition coefficient (Wildman–Crippen LogP) is -1.27. The van der Waals surface area contributed by atoms with Crippen LogP contribution in [0.1, 0.15) is 20.8 Å². The number of hydrogen-bond acceptors (Lipinski definition) is 3. The zero-order valence-electron chi connectivity index (χ0n) is 6.89. The second kappa shape index (κ2) is 3.50. The van der Waals surface area contributed by atoms with E-state index in [1.807, 2.05) is 6.92 Å². The molecule has 4 heteroatoms. The normalized spacial score (nSPS) is 21.4. The third kappa shape index (κ3) is 3.16. The number of hydrogen-bond donors (Lipinski definition) is 1. The Kier molecular flexibility index (Phi) is 3.45. The van der Waals surface area contributed by atoms with Crippen LogP contribution in [-0.2, 0) is 0 Å². The molecule has 0 aromatic carbocycles. The summed E-state index contributed by atoms with van der Waals surface area (Å²) in [5, 5.41) is 0.671. The minimum Gasteiger partial charge on any atom is -1.00 e. The van der Waals surface area contributed by atoms with Crippen molar-refractivity contribution < 1.29 is 12.4 Å². The van der Waals surface area contributed by atoms with Gasteiger partial charge in [0.25, 0.3) is 0 Å². The van der Waals surface area contributed by atoms with E-state index in [9.17, 15) is 0 Å². The summed E-state index contributed by atoms with van der Waals surface area (Å²) in [5.41, 5.74) is 6.59. The first-order chi connectivity index (χ1) is 4.49. The SMILES string of the molecule is CC1=CC(C)(C)SC(N)=N1.[Cl-]. The van der Waals surface area contributed by atoms with Gasteiger partial charge in [-0.25, -0.2) is 4.99 Å². The Balaban J connectivity index is 0.000001000. The van der Waals surface area contributed by atoms with E-state index in [0.717, 1.165) is 5.70 Å². The van der Waals surface area contributed by atoms with Crippen molar-refractivity contribution in [1.29, 1.82) is 0 Å².